The van der Waals surface area contributed by atoms with Crippen LogP contribution in [0.5, 0.6) is 5.75 Å². The normalized spacial score (nSPS) is 15.2. The van der Waals surface area contributed by atoms with Gasteiger partial charge in [0.1, 0.15) is 11.6 Å². The summed E-state index contributed by atoms with van der Waals surface area (Å²) in [5.41, 5.74) is 0. The predicted molar refractivity (Wildman–Crippen MR) is 92.0 cm³/mol. The molecule has 0 unspecified atom stereocenters. The number of carbonyl (C=O) groups is 1. The maximum absolute atomic E-state index is 13.0. The molecule has 0 saturated carbocycles. The minimum absolute atomic E-state index is 0. The van der Waals surface area contributed by atoms with Gasteiger partial charge in [-0.15, -0.1) is 12.4 Å². The highest BCUT2D eigenvalue weighted by molar-refractivity contribution is 6.30. The highest BCUT2D eigenvalue weighted by atomic mass is 35.5. The number of hydrogen-bond donors (Lipinski definition) is 1. The van der Waals surface area contributed by atoms with Gasteiger partial charge in [0.05, 0.1) is 5.02 Å². The number of halogens is 3. The molecule has 7 heteroatoms. The third-order valence-electron chi connectivity index (χ3n) is 3.90. The molecule has 23 heavy (non-hydrogen) atoms. The smallest absolute Gasteiger partial charge is 0.260 e. The van der Waals surface area contributed by atoms with Gasteiger partial charge in [-0.2, -0.15) is 0 Å². The first-order valence-corrected chi connectivity index (χ1v) is 8.04. The average Bonchev–Trinajstić information content (AvgIpc) is 2.54. The molecular weight excluding hydrogens is 342 g/mol. The molecule has 0 aliphatic carbocycles. The van der Waals surface area contributed by atoms with E-state index in [-0.39, 0.29) is 29.9 Å². The fraction of sp³-hybridized carbons (Fsp3) is 0.562. The van der Waals surface area contributed by atoms with Gasteiger partial charge in [-0.3, -0.25) is 4.79 Å². The van der Waals surface area contributed by atoms with E-state index in [1.165, 1.54) is 18.2 Å². The van der Waals surface area contributed by atoms with Gasteiger partial charge in [-0.05, 0) is 44.0 Å². The van der Waals surface area contributed by atoms with Gasteiger partial charge >= 0.3 is 0 Å². The van der Waals surface area contributed by atoms with Crippen molar-refractivity contribution in [2.45, 2.75) is 19.8 Å². The number of amides is 1. The molecule has 2 rings (SSSR count). The molecule has 1 N–H and O–H groups in total. The second kappa shape index (κ2) is 9.96. The van der Waals surface area contributed by atoms with Gasteiger partial charge in [0.15, 0.2) is 6.61 Å². The average molecular weight is 365 g/mol. The van der Waals surface area contributed by atoms with Crippen LogP contribution in [-0.4, -0.2) is 43.6 Å². The SMILES string of the molecule is CCNCC1CCN(C(=O)COc2ccc(F)c(Cl)c2)CC1.Cl. The number of nitrogens with zero attached hydrogens (tertiary/aromatic N) is 1. The number of ether oxygens (including phenoxy) is 1. The molecule has 130 valence electrons. The molecule has 0 spiro atoms. The number of carbonyl (C=O) groups excluding carboxylic acids is 1. The summed E-state index contributed by atoms with van der Waals surface area (Å²) in [6, 6.07) is 4.08. The Morgan fingerprint density at radius 3 is 2.74 bits per heavy atom. The lowest BCUT2D eigenvalue weighted by molar-refractivity contribution is -0.134. The standard InChI is InChI=1S/C16H22ClFN2O2.ClH/c1-2-19-10-12-5-7-20(8-6-12)16(21)11-22-13-3-4-15(18)14(17)9-13;/h3-4,9,12,19H,2,5-8,10-11H2,1H3;1H. The molecular formula is C16H23Cl2FN2O2. The second-order valence-corrected chi connectivity index (χ2v) is 5.90. The Hall–Kier alpha value is -1.04. The van der Waals surface area contributed by atoms with E-state index < -0.39 is 5.82 Å². The van der Waals surface area contributed by atoms with E-state index in [1.807, 2.05) is 4.90 Å². The van der Waals surface area contributed by atoms with Crippen molar-refractivity contribution in [2.24, 2.45) is 5.92 Å². The topological polar surface area (TPSA) is 41.6 Å². The molecule has 1 fully saturated rings. The minimum Gasteiger partial charge on any atom is -0.484 e. The molecule has 0 aromatic heterocycles. The van der Waals surface area contributed by atoms with E-state index in [2.05, 4.69) is 12.2 Å². The maximum Gasteiger partial charge on any atom is 0.260 e. The second-order valence-electron chi connectivity index (χ2n) is 5.50. The Kier molecular flexibility index (Phi) is 8.66. The number of hydrogen-bond acceptors (Lipinski definition) is 3. The summed E-state index contributed by atoms with van der Waals surface area (Å²) in [7, 11) is 0. The molecule has 1 heterocycles. The van der Waals surface area contributed by atoms with Crippen molar-refractivity contribution in [3.05, 3.63) is 29.0 Å². The van der Waals surface area contributed by atoms with Gasteiger partial charge < -0.3 is 15.0 Å². The first-order valence-electron chi connectivity index (χ1n) is 7.66. The van der Waals surface area contributed by atoms with Crippen molar-refractivity contribution >= 4 is 29.9 Å². The van der Waals surface area contributed by atoms with E-state index in [9.17, 15) is 9.18 Å². The first kappa shape index (κ1) is 20.0. The summed E-state index contributed by atoms with van der Waals surface area (Å²) in [5, 5.41) is 3.34. The van der Waals surface area contributed by atoms with Crippen LogP contribution in [0.3, 0.4) is 0 Å². The van der Waals surface area contributed by atoms with E-state index in [4.69, 9.17) is 16.3 Å². The molecule has 1 aliphatic rings. The van der Waals surface area contributed by atoms with E-state index in [0.717, 1.165) is 39.0 Å². The Morgan fingerprint density at radius 2 is 2.13 bits per heavy atom. The summed E-state index contributed by atoms with van der Waals surface area (Å²) in [5.74, 6) is 0.507. The summed E-state index contributed by atoms with van der Waals surface area (Å²) in [6.45, 7) is 5.58. The minimum atomic E-state index is -0.497. The van der Waals surface area contributed by atoms with Gasteiger partial charge in [-0.25, -0.2) is 4.39 Å². The highest BCUT2D eigenvalue weighted by Gasteiger charge is 2.22. The van der Waals surface area contributed by atoms with Crippen molar-refractivity contribution in [1.82, 2.24) is 10.2 Å². The predicted octanol–water partition coefficient (Wildman–Crippen LogP) is 3.13. The zero-order valence-corrected chi connectivity index (χ0v) is 14.8. The van der Waals surface area contributed by atoms with Crippen LogP contribution in [0, 0.1) is 11.7 Å². The Balaban J connectivity index is 0.00000264. The largest absolute Gasteiger partial charge is 0.484 e. The highest BCUT2D eigenvalue weighted by Crippen LogP contribution is 2.21. The van der Waals surface area contributed by atoms with Crippen molar-refractivity contribution in [2.75, 3.05) is 32.8 Å². The van der Waals surface area contributed by atoms with Crippen molar-refractivity contribution in [1.29, 1.82) is 0 Å². The van der Waals surface area contributed by atoms with Crippen molar-refractivity contribution < 1.29 is 13.9 Å². The van der Waals surface area contributed by atoms with Crippen molar-refractivity contribution in [3.8, 4) is 5.75 Å². The third-order valence-corrected chi connectivity index (χ3v) is 4.19. The van der Waals surface area contributed by atoms with Crippen LogP contribution in [0.25, 0.3) is 0 Å². The van der Waals surface area contributed by atoms with Gasteiger partial charge in [0.2, 0.25) is 0 Å². The van der Waals surface area contributed by atoms with Crippen LogP contribution < -0.4 is 10.1 Å². The first-order chi connectivity index (χ1) is 10.6. The fourth-order valence-corrected chi connectivity index (χ4v) is 2.71. The van der Waals surface area contributed by atoms with Crippen LogP contribution in [0.15, 0.2) is 18.2 Å². The lowest BCUT2D eigenvalue weighted by atomic mass is 9.97. The monoisotopic (exact) mass is 364 g/mol. The molecule has 1 saturated heterocycles. The number of benzene rings is 1. The molecule has 1 amide bonds. The van der Waals surface area contributed by atoms with Gasteiger partial charge in [0.25, 0.3) is 5.91 Å². The van der Waals surface area contributed by atoms with Gasteiger partial charge in [0, 0.05) is 19.2 Å². The summed E-state index contributed by atoms with van der Waals surface area (Å²) >= 11 is 5.68. The third kappa shape index (κ3) is 6.16. The maximum atomic E-state index is 13.0. The van der Waals surface area contributed by atoms with E-state index in [1.54, 1.807) is 0 Å². The Labute approximate surface area is 147 Å². The van der Waals surface area contributed by atoms with Crippen LogP contribution >= 0.6 is 24.0 Å². The number of rotatable bonds is 6. The zero-order valence-electron chi connectivity index (χ0n) is 13.2. The molecule has 4 nitrogen and oxygen atoms in total. The lowest BCUT2D eigenvalue weighted by Crippen LogP contribution is -2.42. The van der Waals surface area contributed by atoms with Crippen LogP contribution in [0.1, 0.15) is 19.8 Å². The lowest BCUT2D eigenvalue weighted by Gasteiger charge is -2.32. The number of piperidine rings is 1. The van der Waals surface area contributed by atoms with Crippen LogP contribution in [0.2, 0.25) is 5.02 Å². The van der Waals surface area contributed by atoms with Crippen LogP contribution in [0.4, 0.5) is 4.39 Å². The number of nitrogens with one attached hydrogen (secondary N) is 1. The molecule has 1 aromatic rings. The van der Waals surface area contributed by atoms with E-state index >= 15 is 0 Å². The van der Waals surface area contributed by atoms with Gasteiger partial charge in [-0.1, -0.05) is 18.5 Å². The molecule has 1 aromatic carbocycles. The molecule has 1 aliphatic heterocycles. The van der Waals surface area contributed by atoms with Crippen molar-refractivity contribution in [3.63, 3.8) is 0 Å². The number of likely N-dealkylation sites (tertiary alicyclic amines) is 1. The summed E-state index contributed by atoms with van der Waals surface area (Å²) in [4.78, 5) is 13.9. The fourth-order valence-electron chi connectivity index (χ4n) is 2.54. The zero-order chi connectivity index (χ0) is 15.9. The summed E-state index contributed by atoms with van der Waals surface area (Å²) < 4.78 is 18.4. The molecule has 0 atom stereocenters. The van der Waals surface area contributed by atoms with E-state index in [0.29, 0.717) is 11.7 Å². The Morgan fingerprint density at radius 1 is 1.43 bits per heavy atom. The quantitative estimate of drug-likeness (QED) is 0.842. The van der Waals surface area contributed by atoms with Crippen LogP contribution in [-0.2, 0) is 4.79 Å². The molecule has 0 radical (unpaired) electrons. The Bertz CT molecular complexity index is 509. The summed E-state index contributed by atoms with van der Waals surface area (Å²) in [6.07, 6.45) is 2.03. The molecule has 0 bridgehead atoms.